The average Bonchev–Trinajstić information content (AvgIpc) is 3.27. The second-order valence-electron chi connectivity index (χ2n) is 7.86. The summed E-state index contributed by atoms with van der Waals surface area (Å²) in [4.78, 5) is 13.0. The lowest BCUT2D eigenvalue weighted by molar-refractivity contribution is -0.121. The van der Waals surface area contributed by atoms with Crippen molar-refractivity contribution in [3.63, 3.8) is 0 Å². The van der Waals surface area contributed by atoms with Gasteiger partial charge in [-0.05, 0) is 55.3 Å². The van der Waals surface area contributed by atoms with E-state index in [4.69, 9.17) is 16.0 Å². The number of sulfone groups is 1. The van der Waals surface area contributed by atoms with Gasteiger partial charge >= 0.3 is 6.01 Å². The standard InChI is InChI=1S/C21H21ClN4O6S2/c1-33(28,29)18-6-2-4-14(12-18)20-24-25-21(32-20)23-19(27)15-5-3-11-26(13-15)34(30,31)17-9-7-16(22)8-10-17/h2,4,6-10,12,15H,3,5,11,13H2,1H3,(H,23,25,27). The monoisotopic (exact) mass is 524 g/mol. The van der Waals surface area contributed by atoms with Crippen molar-refractivity contribution in [1.29, 1.82) is 0 Å². The van der Waals surface area contributed by atoms with Gasteiger partial charge in [-0.3, -0.25) is 10.1 Å². The number of nitrogens with zero attached hydrogens (tertiary/aromatic N) is 3. The van der Waals surface area contributed by atoms with E-state index in [0.717, 1.165) is 6.26 Å². The number of carbonyl (C=O) groups excluding carboxylic acids is 1. The van der Waals surface area contributed by atoms with Crippen molar-refractivity contribution in [2.45, 2.75) is 22.6 Å². The van der Waals surface area contributed by atoms with E-state index in [1.807, 2.05) is 0 Å². The van der Waals surface area contributed by atoms with Crippen molar-refractivity contribution >= 4 is 43.4 Å². The number of hydrogen-bond acceptors (Lipinski definition) is 8. The van der Waals surface area contributed by atoms with Gasteiger partial charge in [0.15, 0.2) is 9.84 Å². The molecule has 0 radical (unpaired) electrons. The van der Waals surface area contributed by atoms with Crippen molar-refractivity contribution in [3.8, 4) is 11.5 Å². The lowest BCUT2D eigenvalue weighted by atomic mass is 9.99. The Hall–Kier alpha value is -2.80. The Labute approximate surface area is 201 Å². The first kappa shape index (κ1) is 24.3. The van der Waals surface area contributed by atoms with Crippen LogP contribution in [0.1, 0.15) is 12.8 Å². The van der Waals surface area contributed by atoms with E-state index in [1.165, 1.54) is 40.7 Å². The Balaban J connectivity index is 1.45. The van der Waals surface area contributed by atoms with Gasteiger partial charge in [0.2, 0.25) is 21.8 Å². The number of nitrogens with one attached hydrogen (secondary N) is 1. The first-order valence-corrected chi connectivity index (χ1v) is 14.0. The molecule has 0 aliphatic carbocycles. The largest absolute Gasteiger partial charge is 0.403 e. The molecule has 1 aromatic heterocycles. The van der Waals surface area contributed by atoms with E-state index in [0.29, 0.717) is 30.0 Å². The van der Waals surface area contributed by atoms with E-state index < -0.39 is 31.7 Å². The van der Waals surface area contributed by atoms with Gasteiger partial charge in [0.05, 0.1) is 15.7 Å². The normalized spacial score (nSPS) is 17.4. The van der Waals surface area contributed by atoms with E-state index in [2.05, 4.69) is 15.5 Å². The molecular weight excluding hydrogens is 504 g/mol. The van der Waals surface area contributed by atoms with Crippen LogP contribution in [-0.4, -0.2) is 56.6 Å². The van der Waals surface area contributed by atoms with Gasteiger partial charge in [0.1, 0.15) is 0 Å². The zero-order valence-electron chi connectivity index (χ0n) is 18.0. The Morgan fingerprint density at radius 2 is 1.82 bits per heavy atom. The molecule has 1 N–H and O–H groups in total. The van der Waals surface area contributed by atoms with Gasteiger partial charge in [0, 0.05) is 29.9 Å². The first-order chi connectivity index (χ1) is 16.0. The molecule has 0 spiro atoms. The fourth-order valence-electron chi connectivity index (χ4n) is 3.59. The van der Waals surface area contributed by atoms with E-state index in [-0.39, 0.29) is 28.2 Å². The van der Waals surface area contributed by atoms with Crippen LogP contribution in [0.2, 0.25) is 5.02 Å². The highest BCUT2D eigenvalue weighted by molar-refractivity contribution is 7.90. The lowest BCUT2D eigenvalue weighted by Crippen LogP contribution is -2.43. The Morgan fingerprint density at radius 1 is 1.09 bits per heavy atom. The summed E-state index contributed by atoms with van der Waals surface area (Å²) in [5, 5.41) is 10.6. The van der Waals surface area contributed by atoms with Gasteiger partial charge in [0.25, 0.3) is 0 Å². The fourth-order valence-corrected chi connectivity index (χ4v) is 5.90. The summed E-state index contributed by atoms with van der Waals surface area (Å²) in [7, 11) is -7.19. The Kier molecular flexibility index (Phi) is 6.76. The number of hydrogen-bond donors (Lipinski definition) is 1. The van der Waals surface area contributed by atoms with Crippen LogP contribution in [0.5, 0.6) is 0 Å². The molecule has 3 aromatic rings. The second-order valence-corrected chi connectivity index (χ2v) is 12.2. The predicted octanol–water partition coefficient (Wildman–Crippen LogP) is 2.83. The number of rotatable bonds is 6. The molecule has 13 heteroatoms. The van der Waals surface area contributed by atoms with E-state index in [1.54, 1.807) is 12.1 Å². The van der Waals surface area contributed by atoms with Crippen molar-refractivity contribution in [2.75, 3.05) is 24.7 Å². The third-order valence-electron chi connectivity index (χ3n) is 5.37. The first-order valence-electron chi connectivity index (χ1n) is 10.2. The molecule has 2 aromatic carbocycles. The highest BCUT2D eigenvalue weighted by Crippen LogP contribution is 2.27. The number of piperidine rings is 1. The molecule has 34 heavy (non-hydrogen) atoms. The van der Waals surface area contributed by atoms with Crippen LogP contribution < -0.4 is 5.32 Å². The third-order valence-corrected chi connectivity index (χ3v) is 8.61. The van der Waals surface area contributed by atoms with Crippen molar-refractivity contribution < 1.29 is 26.0 Å². The Morgan fingerprint density at radius 3 is 2.53 bits per heavy atom. The van der Waals surface area contributed by atoms with Crippen LogP contribution in [-0.2, 0) is 24.7 Å². The molecular formula is C21H21ClN4O6S2. The molecule has 1 atom stereocenters. The molecule has 1 unspecified atom stereocenters. The molecule has 0 saturated carbocycles. The second kappa shape index (κ2) is 9.45. The van der Waals surface area contributed by atoms with E-state index in [9.17, 15) is 21.6 Å². The fraction of sp³-hybridized carbons (Fsp3) is 0.286. The number of benzene rings is 2. The van der Waals surface area contributed by atoms with Crippen LogP contribution in [0.25, 0.3) is 11.5 Å². The minimum absolute atomic E-state index is 0.00813. The molecule has 1 aliphatic heterocycles. The van der Waals surface area contributed by atoms with Crippen LogP contribution >= 0.6 is 11.6 Å². The number of carbonyl (C=O) groups is 1. The van der Waals surface area contributed by atoms with E-state index >= 15 is 0 Å². The maximum Gasteiger partial charge on any atom is 0.322 e. The summed E-state index contributed by atoms with van der Waals surface area (Å²) in [6.45, 7) is 0.310. The predicted molar refractivity (Wildman–Crippen MR) is 124 cm³/mol. The van der Waals surface area contributed by atoms with Gasteiger partial charge < -0.3 is 4.42 Å². The maximum atomic E-state index is 13.0. The van der Waals surface area contributed by atoms with Crippen molar-refractivity contribution in [3.05, 3.63) is 53.6 Å². The number of anilines is 1. The molecule has 180 valence electrons. The number of aromatic nitrogens is 2. The molecule has 1 fully saturated rings. The molecule has 4 rings (SSSR count). The van der Waals surface area contributed by atoms with Gasteiger partial charge in [-0.25, -0.2) is 16.8 Å². The molecule has 0 bridgehead atoms. The van der Waals surface area contributed by atoms with Crippen LogP contribution in [0.15, 0.2) is 62.7 Å². The quantitative estimate of drug-likeness (QED) is 0.519. The van der Waals surface area contributed by atoms with Crippen molar-refractivity contribution in [2.24, 2.45) is 5.92 Å². The number of sulfonamides is 1. The third kappa shape index (κ3) is 5.30. The zero-order chi connectivity index (χ0) is 24.5. The highest BCUT2D eigenvalue weighted by atomic mass is 35.5. The summed E-state index contributed by atoms with van der Waals surface area (Å²) in [6, 6.07) is 11.7. The summed E-state index contributed by atoms with van der Waals surface area (Å²) >= 11 is 5.85. The number of amides is 1. The lowest BCUT2D eigenvalue weighted by Gasteiger charge is -2.30. The summed E-state index contributed by atoms with van der Waals surface area (Å²) in [5.74, 6) is -1.02. The minimum Gasteiger partial charge on any atom is -0.403 e. The maximum absolute atomic E-state index is 13.0. The summed E-state index contributed by atoms with van der Waals surface area (Å²) in [5.41, 5.74) is 0.383. The molecule has 1 amide bonds. The average molecular weight is 525 g/mol. The van der Waals surface area contributed by atoms with Gasteiger partial charge in [-0.2, -0.15) is 4.31 Å². The Bertz CT molecular complexity index is 1420. The van der Waals surface area contributed by atoms with Crippen LogP contribution in [0.4, 0.5) is 6.01 Å². The van der Waals surface area contributed by atoms with Crippen LogP contribution in [0.3, 0.4) is 0 Å². The summed E-state index contributed by atoms with van der Waals surface area (Å²) in [6.07, 6.45) is 2.10. The van der Waals surface area contributed by atoms with Gasteiger partial charge in [-0.15, -0.1) is 5.10 Å². The smallest absolute Gasteiger partial charge is 0.322 e. The molecule has 1 saturated heterocycles. The molecule has 10 nitrogen and oxygen atoms in total. The number of halogens is 1. The molecule has 2 heterocycles. The zero-order valence-corrected chi connectivity index (χ0v) is 20.4. The van der Waals surface area contributed by atoms with Crippen molar-refractivity contribution in [1.82, 2.24) is 14.5 Å². The molecule has 1 aliphatic rings. The SMILES string of the molecule is CS(=O)(=O)c1cccc(-c2nnc(NC(=O)C3CCCN(S(=O)(=O)c4ccc(Cl)cc4)C3)o2)c1. The highest BCUT2D eigenvalue weighted by Gasteiger charge is 2.34. The van der Waals surface area contributed by atoms with Gasteiger partial charge in [-0.1, -0.05) is 22.8 Å². The van der Waals surface area contributed by atoms with Crippen LogP contribution in [0, 0.1) is 5.92 Å². The summed E-state index contributed by atoms with van der Waals surface area (Å²) < 4.78 is 56.2. The topological polar surface area (TPSA) is 140 Å². The minimum atomic E-state index is -3.77.